The minimum absolute atomic E-state index is 0.0514. The van der Waals surface area contributed by atoms with Crippen LogP contribution in [0.5, 0.6) is 17.2 Å². The lowest BCUT2D eigenvalue weighted by Crippen LogP contribution is -2.60. The molecule has 14 heteroatoms. The van der Waals surface area contributed by atoms with Gasteiger partial charge in [-0.1, -0.05) is 55.7 Å². The number of carboxylic acids is 1. The maximum atomic E-state index is 14.3. The molecule has 2 fully saturated rings. The summed E-state index contributed by atoms with van der Waals surface area (Å²) in [6.45, 7) is -0.376. The van der Waals surface area contributed by atoms with Crippen LogP contribution >= 0.6 is 0 Å². The average molecular weight is 756 g/mol. The van der Waals surface area contributed by atoms with Gasteiger partial charge in [0.15, 0.2) is 11.5 Å². The summed E-state index contributed by atoms with van der Waals surface area (Å²) in [5.74, 6) is -3.34. The number of benzene rings is 3. The highest BCUT2D eigenvalue weighted by atomic mass is 16.7. The van der Waals surface area contributed by atoms with Crippen LogP contribution in [0.1, 0.15) is 66.7 Å². The molecule has 7 atom stereocenters. The van der Waals surface area contributed by atoms with E-state index >= 15 is 0 Å². The number of carbonyl (C=O) groups is 2. The second-order valence-corrected chi connectivity index (χ2v) is 14.7. The number of phenols is 2. The van der Waals surface area contributed by atoms with Gasteiger partial charge in [-0.2, -0.15) is 0 Å². The Morgan fingerprint density at radius 3 is 2.40 bits per heavy atom. The van der Waals surface area contributed by atoms with E-state index in [1.807, 2.05) is 18.2 Å². The summed E-state index contributed by atoms with van der Waals surface area (Å²) < 4.78 is 11.3. The van der Waals surface area contributed by atoms with Crippen LogP contribution in [0.3, 0.4) is 0 Å². The largest absolute Gasteiger partial charge is 0.508 e. The number of aliphatic hydroxyl groups excluding tert-OH is 4. The summed E-state index contributed by atoms with van der Waals surface area (Å²) in [4.78, 5) is 37.3. The molecular weight excluding hydrogens is 710 g/mol. The second kappa shape index (κ2) is 15.9. The smallest absolute Gasteiger partial charge is 0.327 e. The minimum Gasteiger partial charge on any atom is -0.508 e. The number of amides is 1. The zero-order chi connectivity index (χ0) is 38.9. The van der Waals surface area contributed by atoms with E-state index in [1.165, 1.54) is 35.3 Å². The van der Waals surface area contributed by atoms with Gasteiger partial charge >= 0.3 is 5.97 Å². The average Bonchev–Trinajstić information content (AvgIpc) is 3.81. The normalized spacial score (nSPS) is 27.2. The number of hydrogen-bond acceptors (Lipinski definition) is 12. The number of phenolic OH excluding ortho intramolecular Hbond substituents is 2. The van der Waals surface area contributed by atoms with Gasteiger partial charge < -0.3 is 45.2 Å². The first-order valence-corrected chi connectivity index (χ1v) is 18.5. The molecule has 55 heavy (non-hydrogen) atoms. The number of aliphatic imine (C=N–C) groups is 2. The number of aliphatic carboxylic acids is 1. The second-order valence-electron chi connectivity index (χ2n) is 14.7. The summed E-state index contributed by atoms with van der Waals surface area (Å²) in [6, 6.07) is 16.1. The molecule has 7 rings (SSSR count). The number of fused-ring (bicyclic) bond motifs is 1. The van der Waals surface area contributed by atoms with Crippen molar-refractivity contribution in [2.24, 2.45) is 9.98 Å². The first-order valence-electron chi connectivity index (χ1n) is 18.5. The first kappa shape index (κ1) is 38.2. The molecule has 1 saturated carbocycles. The molecule has 3 aromatic carbocycles. The van der Waals surface area contributed by atoms with Gasteiger partial charge in [-0.15, -0.1) is 0 Å². The van der Waals surface area contributed by atoms with E-state index in [0.717, 1.165) is 37.7 Å². The molecule has 0 aromatic heterocycles. The zero-order valence-electron chi connectivity index (χ0n) is 30.0. The summed E-state index contributed by atoms with van der Waals surface area (Å²) in [5, 5.41) is 73.7. The molecule has 290 valence electrons. The number of nitrogens with zero attached hydrogens (tertiary/aromatic N) is 3. The Balaban J connectivity index is 1.27. The van der Waals surface area contributed by atoms with Gasteiger partial charge in [-0.05, 0) is 65.6 Å². The molecule has 1 aliphatic carbocycles. The number of carboxylic acid groups (broad SMARTS) is 1. The van der Waals surface area contributed by atoms with E-state index in [2.05, 4.69) is 22.1 Å². The zero-order valence-corrected chi connectivity index (χ0v) is 30.0. The van der Waals surface area contributed by atoms with Crippen molar-refractivity contribution in [3.63, 3.8) is 0 Å². The Labute approximate surface area is 317 Å². The Kier molecular flexibility index (Phi) is 11.1. The number of aromatic hydroxyl groups is 2. The molecule has 3 aromatic rings. The molecule has 0 radical (unpaired) electrons. The number of hydrogen-bond donors (Lipinski definition) is 7. The topological polar surface area (TPSA) is 222 Å². The Morgan fingerprint density at radius 1 is 0.945 bits per heavy atom. The highest BCUT2D eigenvalue weighted by molar-refractivity contribution is 6.32. The molecule has 14 nitrogen and oxygen atoms in total. The van der Waals surface area contributed by atoms with Crippen molar-refractivity contribution >= 4 is 35.6 Å². The molecule has 0 spiro atoms. The lowest BCUT2D eigenvalue weighted by molar-refractivity contribution is -0.277. The maximum Gasteiger partial charge on any atom is 0.327 e. The van der Waals surface area contributed by atoms with E-state index in [1.54, 1.807) is 18.3 Å². The van der Waals surface area contributed by atoms with Gasteiger partial charge in [0, 0.05) is 36.3 Å². The lowest BCUT2D eigenvalue weighted by atomic mass is 9.63. The fourth-order valence-corrected chi connectivity index (χ4v) is 8.49. The van der Waals surface area contributed by atoms with Gasteiger partial charge in [0.2, 0.25) is 6.29 Å². The van der Waals surface area contributed by atoms with Crippen molar-refractivity contribution < 1.29 is 54.8 Å². The molecule has 0 bridgehead atoms. The van der Waals surface area contributed by atoms with Crippen molar-refractivity contribution in [2.45, 2.75) is 93.0 Å². The number of aliphatic hydroxyl groups is 4. The van der Waals surface area contributed by atoms with Gasteiger partial charge in [-0.25, -0.2) is 4.79 Å². The molecule has 7 N–H and O–H groups in total. The van der Waals surface area contributed by atoms with Gasteiger partial charge in [0.25, 0.3) is 5.91 Å². The van der Waals surface area contributed by atoms with Crippen LogP contribution in [-0.2, 0) is 26.2 Å². The minimum atomic E-state index is -1.79. The van der Waals surface area contributed by atoms with Crippen molar-refractivity contribution in [3.8, 4) is 17.2 Å². The molecule has 1 amide bonds. The fraction of sp³-hybridized carbons (Fsp3) is 0.415. The van der Waals surface area contributed by atoms with Crippen LogP contribution in [0.4, 0.5) is 5.69 Å². The van der Waals surface area contributed by atoms with E-state index in [-0.39, 0.29) is 17.2 Å². The highest BCUT2D eigenvalue weighted by Crippen LogP contribution is 2.54. The highest BCUT2D eigenvalue weighted by Gasteiger charge is 2.51. The van der Waals surface area contributed by atoms with Crippen LogP contribution < -0.4 is 9.64 Å². The summed E-state index contributed by atoms with van der Waals surface area (Å²) in [5.41, 5.74) is 3.10. The molecule has 4 aliphatic rings. The number of anilines is 1. The van der Waals surface area contributed by atoms with Gasteiger partial charge in [0.1, 0.15) is 42.9 Å². The van der Waals surface area contributed by atoms with Crippen molar-refractivity contribution in [3.05, 3.63) is 89.0 Å². The Morgan fingerprint density at radius 2 is 1.71 bits per heavy atom. The number of carbonyl (C=O) groups excluding carboxylic acids is 1. The molecule has 0 unspecified atom stereocenters. The third-order valence-electron chi connectivity index (χ3n) is 11.3. The lowest BCUT2D eigenvalue weighted by Gasteiger charge is -2.41. The SMILES string of the molecule is O=C(O)[C@H]1[C@@H](CC2(c3ccccc3)CCCCC2)c2cc(O)c(O[C@H]3O[C@H](CO)[C@@H](O)[C@H](O)[C@H]3O)cc2N1C(=O)C=Cc1ccc(O)c(CC2=NCN=C2)c1. The van der Waals surface area contributed by atoms with Crippen LogP contribution in [0, 0.1) is 0 Å². The molecular formula is C41H45N3O11. The summed E-state index contributed by atoms with van der Waals surface area (Å²) in [7, 11) is 0. The van der Waals surface area contributed by atoms with E-state index in [9.17, 15) is 45.3 Å². The predicted molar refractivity (Wildman–Crippen MR) is 202 cm³/mol. The summed E-state index contributed by atoms with van der Waals surface area (Å²) >= 11 is 0. The van der Waals surface area contributed by atoms with Crippen LogP contribution in [0.15, 0.2) is 76.7 Å². The molecule has 3 heterocycles. The number of rotatable bonds is 11. The van der Waals surface area contributed by atoms with Crippen LogP contribution in [0.2, 0.25) is 0 Å². The van der Waals surface area contributed by atoms with E-state index < -0.39 is 72.3 Å². The quantitative estimate of drug-likeness (QED) is 0.141. The Bertz CT molecular complexity index is 1990. The van der Waals surface area contributed by atoms with E-state index in [4.69, 9.17) is 9.47 Å². The van der Waals surface area contributed by atoms with Crippen LogP contribution in [0.25, 0.3) is 6.08 Å². The predicted octanol–water partition coefficient (Wildman–Crippen LogP) is 3.19. The van der Waals surface area contributed by atoms with Gasteiger partial charge in [0.05, 0.1) is 18.0 Å². The third-order valence-corrected chi connectivity index (χ3v) is 11.3. The maximum absolute atomic E-state index is 14.3. The number of ether oxygens (including phenoxy) is 2. The van der Waals surface area contributed by atoms with Crippen molar-refractivity contribution in [1.29, 1.82) is 0 Å². The third kappa shape index (κ3) is 7.60. The standard InChI is InChI=1S/C41H45N3O11/c45-21-33-36(49)37(50)38(51)40(55-33)54-32-18-29-27(17-31(32)47)28(19-41(13-5-2-6-14-41)25-7-3-1-4-8-25)35(39(52)53)44(29)34(48)12-10-23-9-11-30(46)24(15-23)16-26-20-42-22-43-26/h1,3-4,7-12,15,17-18,20,28,33,35-38,40,45-47,49-51H,2,5-6,13-14,16,19,21-22H2,(H,52,53)/t28-,33+,35+,36+,37-,38+,40-/m0/s1. The van der Waals surface area contributed by atoms with Gasteiger partial charge in [-0.3, -0.25) is 19.7 Å². The summed E-state index contributed by atoms with van der Waals surface area (Å²) in [6.07, 6.45) is 1.59. The van der Waals surface area contributed by atoms with Crippen LogP contribution in [-0.4, -0.2) is 110 Å². The monoisotopic (exact) mass is 755 g/mol. The van der Waals surface area contributed by atoms with Crippen molar-refractivity contribution in [2.75, 3.05) is 18.2 Å². The molecule has 1 saturated heterocycles. The molecule has 3 aliphatic heterocycles. The van der Waals surface area contributed by atoms with E-state index in [0.29, 0.717) is 41.9 Å². The fourth-order valence-electron chi connectivity index (χ4n) is 8.49. The Hall–Kier alpha value is -5.12. The van der Waals surface area contributed by atoms with Crippen molar-refractivity contribution in [1.82, 2.24) is 0 Å². The first-order chi connectivity index (χ1) is 26.5.